The van der Waals surface area contributed by atoms with Gasteiger partial charge in [0.15, 0.2) is 0 Å². The Labute approximate surface area is 112 Å². The third-order valence-corrected chi connectivity index (χ3v) is 4.62. The topological polar surface area (TPSA) is 118 Å². The molecule has 1 aliphatic carbocycles. The Balaban J connectivity index is 2.28. The molecule has 1 saturated carbocycles. The fourth-order valence-electron chi connectivity index (χ4n) is 2.21. The van der Waals surface area contributed by atoms with E-state index in [1.165, 1.54) is 6.07 Å². The predicted molar refractivity (Wildman–Crippen MR) is 74.3 cm³/mol. The van der Waals surface area contributed by atoms with E-state index in [0.717, 1.165) is 19.3 Å². The summed E-state index contributed by atoms with van der Waals surface area (Å²) in [5.41, 5.74) is 6.41. The minimum absolute atomic E-state index is 0.00981. The van der Waals surface area contributed by atoms with Crippen LogP contribution in [0.3, 0.4) is 0 Å². The van der Waals surface area contributed by atoms with Crippen molar-refractivity contribution in [3.8, 4) is 0 Å². The molecule has 0 spiro atoms. The molecule has 0 atom stereocenters. The Morgan fingerprint density at radius 1 is 1.42 bits per heavy atom. The van der Waals surface area contributed by atoms with Gasteiger partial charge in [-0.1, -0.05) is 0 Å². The second kappa shape index (κ2) is 4.66. The summed E-state index contributed by atoms with van der Waals surface area (Å²) in [5, 5.41) is 18.2. The minimum Gasteiger partial charge on any atom is -0.399 e. The van der Waals surface area contributed by atoms with Crippen LogP contribution in [0.15, 0.2) is 17.0 Å². The molecule has 0 amide bonds. The van der Waals surface area contributed by atoms with E-state index < -0.39 is 15.6 Å². The minimum atomic E-state index is -3.81. The van der Waals surface area contributed by atoms with Gasteiger partial charge in [0.05, 0.1) is 10.5 Å². The zero-order chi connectivity index (χ0) is 14.3. The maximum Gasteiger partial charge on any atom is 0.238 e. The first kappa shape index (κ1) is 14.1. The molecule has 0 heterocycles. The lowest BCUT2D eigenvalue weighted by atomic mass is 9.80. The van der Waals surface area contributed by atoms with E-state index in [4.69, 9.17) is 10.9 Å². The lowest BCUT2D eigenvalue weighted by molar-refractivity contribution is -0.0202. The third kappa shape index (κ3) is 2.99. The molecule has 0 radical (unpaired) electrons. The largest absolute Gasteiger partial charge is 0.399 e. The first-order valence-corrected chi connectivity index (χ1v) is 7.65. The summed E-state index contributed by atoms with van der Waals surface area (Å²) in [5.74, 6) is 0. The highest BCUT2D eigenvalue weighted by atomic mass is 32.2. The Bertz CT molecular complexity index is 594. The highest BCUT2D eigenvalue weighted by Gasteiger charge is 2.34. The average Bonchev–Trinajstić information content (AvgIpc) is 2.26. The number of nitrogens with two attached hydrogens (primary N) is 2. The van der Waals surface area contributed by atoms with Crippen molar-refractivity contribution < 1.29 is 13.5 Å². The molecule has 1 aliphatic rings. The van der Waals surface area contributed by atoms with Gasteiger partial charge in [0.2, 0.25) is 10.0 Å². The van der Waals surface area contributed by atoms with Crippen molar-refractivity contribution in [2.75, 3.05) is 17.6 Å². The quantitative estimate of drug-likeness (QED) is 0.602. The molecule has 6 nitrogen and oxygen atoms in total. The van der Waals surface area contributed by atoms with Crippen LogP contribution in [0.2, 0.25) is 0 Å². The first-order chi connectivity index (χ1) is 8.71. The summed E-state index contributed by atoms with van der Waals surface area (Å²) in [6.45, 7) is 2.04. The first-order valence-electron chi connectivity index (χ1n) is 6.10. The fourth-order valence-corrected chi connectivity index (χ4v) is 3.05. The van der Waals surface area contributed by atoms with Crippen LogP contribution in [0.4, 0.5) is 11.4 Å². The molecule has 19 heavy (non-hydrogen) atoms. The number of sulfonamides is 1. The maximum absolute atomic E-state index is 11.5. The van der Waals surface area contributed by atoms with Crippen molar-refractivity contribution in [2.45, 2.75) is 36.7 Å². The van der Waals surface area contributed by atoms with Crippen molar-refractivity contribution in [3.63, 3.8) is 0 Å². The summed E-state index contributed by atoms with van der Waals surface area (Å²) in [6, 6.07) is 2.99. The van der Waals surface area contributed by atoms with Crippen LogP contribution in [-0.4, -0.2) is 25.7 Å². The molecule has 0 bridgehead atoms. The number of aliphatic hydroxyl groups is 1. The van der Waals surface area contributed by atoms with Crippen molar-refractivity contribution in [1.29, 1.82) is 0 Å². The fraction of sp³-hybridized carbons (Fsp3) is 0.500. The van der Waals surface area contributed by atoms with E-state index in [1.807, 2.05) is 0 Å². The highest BCUT2D eigenvalue weighted by molar-refractivity contribution is 7.89. The highest BCUT2D eigenvalue weighted by Crippen LogP contribution is 2.33. The van der Waals surface area contributed by atoms with Gasteiger partial charge in [-0.2, -0.15) is 0 Å². The van der Waals surface area contributed by atoms with Crippen molar-refractivity contribution in [3.05, 3.63) is 17.7 Å². The van der Waals surface area contributed by atoms with Crippen LogP contribution in [0.25, 0.3) is 0 Å². The molecular formula is C12H19N3O3S. The van der Waals surface area contributed by atoms with Crippen LogP contribution in [0, 0.1) is 6.92 Å². The second-order valence-corrected chi connectivity index (χ2v) is 6.70. The number of nitrogen functional groups attached to an aromatic ring is 1. The van der Waals surface area contributed by atoms with Gasteiger partial charge in [0, 0.05) is 17.9 Å². The number of nitrogens with one attached hydrogen (secondary N) is 1. The summed E-state index contributed by atoms with van der Waals surface area (Å²) in [7, 11) is -3.81. The molecule has 0 unspecified atom stereocenters. The second-order valence-electron chi connectivity index (χ2n) is 5.17. The smallest absolute Gasteiger partial charge is 0.238 e. The summed E-state index contributed by atoms with van der Waals surface area (Å²) in [6.07, 6.45) is 2.52. The number of hydrogen-bond donors (Lipinski definition) is 4. The van der Waals surface area contributed by atoms with E-state index in [0.29, 0.717) is 23.5 Å². The van der Waals surface area contributed by atoms with Gasteiger partial charge >= 0.3 is 0 Å². The molecule has 0 aliphatic heterocycles. The van der Waals surface area contributed by atoms with E-state index in [-0.39, 0.29) is 4.90 Å². The van der Waals surface area contributed by atoms with Crippen molar-refractivity contribution >= 4 is 21.4 Å². The van der Waals surface area contributed by atoms with Crippen LogP contribution in [0.1, 0.15) is 24.8 Å². The van der Waals surface area contributed by atoms with Gasteiger partial charge in [0.1, 0.15) is 0 Å². The lowest BCUT2D eigenvalue weighted by Crippen LogP contribution is -2.43. The molecule has 106 valence electrons. The van der Waals surface area contributed by atoms with Gasteiger partial charge in [-0.15, -0.1) is 0 Å². The molecule has 2 rings (SSSR count). The van der Waals surface area contributed by atoms with Gasteiger partial charge < -0.3 is 16.2 Å². The van der Waals surface area contributed by atoms with Gasteiger partial charge in [-0.25, -0.2) is 13.6 Å². The van der Waals surface area contributed by atoms with Gasteiger partial charge in [-0.05, 0) is 43.9 Å². The third-order valence-electron chi connectivity index (χ3n) is 3.58. The Kier molecular flexibility index (Phi) is 3.46. The van der Waals surface area contributed by atoms with E-state index >= 15 is 0 Å². The van der Waals surface area contributed by atoms with Gasteiger partial charge in [0.25, 0.3) is 0 Å². The Morgan fingerprint density at radius 2 is 2.05 bits per heavy atom. The summed E-state index contributed by atoms with van der Waals surface area (Å²) >= 11 is 0. The maximum atomic E-state index is 11.5. The average molecular weight is 285 g/mol. The Morgan fingerprint density at radius 3 is 2.53 bits per heavy atom. The van der Waals surface area contributed by atoms with Crippen LogP contribution in [-0.2, 0) is 10.0 Å². The number of anilines is 2. The standard InChI is InChI=1S/C12H19N3O3S/c1-8-10(15-7-12(16)3-2-4-12)5-9(13)6-11(8)19(14,17)18/h5-6,15-16H,2-4,7,13H2,1H3,(H2,14,17,18). The molecule has 1 aromatic rings. The number of primary sulfonamides is 1. The van der Waals surface area contributed by atoms with Gasteiger partial charge in [-0.3, -0.25) is 0 Å². The molecule has 1 aromatic carbocycles. The van der Waals surface area contributed by atoms with Crippen LogP contribution < -0.4 is 16.2 Å². The van der Waals surface area contributed by atoms with E-state index in [2.05, 4.69) is 5.32 Å². The van der Waals surface area contributed by atoms with Crippen LogP contribution >= 0.6 is 0 Å². The molecule has 7 heteroatoms. The SMILES string of the molecule is Cc1c(NCC2(O)CCC2)cc(N)cc1S(N)(=O)=O. The van der Waals surface area contributed by atoms with Crippen LogP contribution in [0.5, 0.6) is 0 Å². The number of benzene rings is 1. The Hall–Kier alpha value is -1.31. The van der Waals surface area contributed by atoms with Crippen molar-refractivity contribution in [1.82, 2.24) is 0 Å². The molecule has 6 N–H and O–H groups in total. The lowest BCUT2D eigenvalue weighted by Gasteiger charge is -2.37. The molecular weight excluding hydrogens is 266 g/mol. The monoisotopic (exact) mass is 285 g/mol. The predicted octanol–water partition coefficient (Wildman–Crippen LogP) is 0.552. The van der Waals surface area contributed by atoms with E-state index in [9.17, 15) is 13.5 Å². The number of hydrogen-bond acceptors (Lipinski definition) is 5. The summed E-state index contributed by atoms with van der Waals surface area (Å²) in [4.78, 5) is 0.00981. The van der Waals surface area contributed by atoms with Crippen molar-refractivity contribution in [2.24, 2.45) is 5.14 Å². The van der Waals surface area contributed by atoms with E-state index in [1.54, 1.807) is 13.0 Å². The number of rotatable bonds is 4. The zero-order valence-electron chi connectivity index (χ0n) is 10.8. The zero-order valence-corrected chi connectivity index (χ0v) is 11.6. The molecule has 0 saturated heterocycles. The summed E-state index contributed by atoms with van der Waals surface area (Å²) < 4.78 is 22.9. The molecule has 1 fully saturated rings. The normalized spacial score (nSPS) is 17.8. The molecule has 0 aromatic heterocycles.